The summed E-state index contributed by atoms with van der Waals surface area (Å²) < 4.78 is 14.6. The molecule has 7 heteroatoms. The van der Waals surface area contributed by atoms with Crippen LogP contribution in [0.3, 0.4) is 0 Å². The summed E-state index contributed by atoms with van der Waals surface area (Å²) in [7, 11) is 0. The monoisotopic (exact) mass is 213 g/mol. The number of carbonyl (C=O) groups excluding carboxylic acids is 1. The van der Waals surface area contributed by atoms with Crippen molar-refractivity contribution in [3.63, 3.8) is 0 Å². The average molecular weight is 213 g/mol. The molecule has 0 amide bonds. The molecule has 0 atom stereocenters. The Labute approximate surface area is 102 Å². The molecule has 0 saturated carbocycles. The third-order valence-corrected chi connectivity index (χ3v) is 1.85. The van der Waals surface area contributed by atoms with Crippen LogP contribution in [0.2, 0.25) is 0 Å². The molecule has 5 nitrogen and oxygen atoms in total. The molecule has 76 valence electrons. The molecule has 0 N–H and O–H groups in total. The first-order valence-electron chi connectivity index (χ1n) is 4.04. The van der Waals surface area contributed by atoms with E-state index < -0.39 is 11.8 Å². The van der Waals surface area contributed by atoms with E-state index in [0.717, 1.165) is 6.07 Å². The quantitative estimate of drug-likeness (QED) is 0.492. The zero-order valence-corrected chi connectivity index (χ0v) is 8.42. The fourth-order valence-electron chi connectivity index (χ4n) is 1.15. The number of hydrogen-bond acceptors (Lipinski definition) is 4. The molecule has 0 fully saturated rings. The smallest absolute Gasteiger partial charge is 0.545 e. The molecule has 0 saturated heterocycles. The van der Waals surface area contributed by atoms with Crippen LogP contribution in [0.4, 0.5) is 4.39 Å². The van der Waals surface area contributed by atoms with Crippen LogP contribution in [0.15, 0.2) is 30.9 Å². The molecule has 1 heterocycles. The number of benzene rings is 1. The van der Waals surface area contributed by atoms with Crippen LogP contribution in [0, 0.1) is 5.82 Å². The van der Waals surface area contributed by atoms with Crippen molar-refractivity contribution in [1.82, 2.24) is 14.8 Å². The Kier molecular flexibility index (Phi) is 3.82. The number of rotatable bonds is 2. The Morgan fingerprint density at radius 1 is 1.44 bits per heavy atom. The van der Waals surface area contributed by atoms with E-state index in [1.54, 1.807) is 0 Å². The first-order valence-corrected chi connectivity index (χ1v) is 4.04. The van der Waals surface area contributed by atoms with Crippen molar-refractivity contribution in [3.8, 4) is 5.69 Å². The molecule has 1 aromatic heterocycles. The Morgan fingerprint density at radius 3 is 2.69 bits per heavy atom. The number of halogens is 1. The topological polar surface area (TPSA) is 70.8 Å². The van der Waals surface area contributed by atoms with Gasteiger partial charge in [0.2, 0.25) is 0 Å². The summed E-state index contributed by atoms with van der Waals surface area (Å²) in [5.74, 6) is -2.11. The van der Waals surface area contributed by atoms with Gasteiger partial charge in [0.15, 0.2) is 0 Å². The summed E-state index contributed by atoms with van der Waals surface area (Å²) in [5.41, 5.74) is -0.0751. The molecular formula is C9H5FLiN3O2. The first kappa shape index (κ1) is 12.4. The van der Waals surface area contributed by atoms with Crippen molar-refractivity contribution in [2.75, 3.05) is 0 Å². The van der Waals surface area contributed by atoms with Crippen molar-refractivity contribution in [2.24, 2.45) is 0 Å². The Hall–Kier alpha value is -1.64. The normalized spacial score (nSPS) is 9.56. The maximum atomic E-state index is 13.4. The standard InChI is InChI=1S/C9H6FN3O2.Li/c10-7-3-6(9(14)15)1-2-8(7)13-5-11-4-12-13;/h1-5H,(H,14,15);/q;+1/p-1. The SMILES string of the molecule is O=C([O-])c1ccc(-n2cncn2)c(F)c1.[Li+]. The van der Waals surface area contributed by atoms with Crippen molar-refractivity contribution >= 4 is 5.97 Å². The minimum atomic E-state index is -1.42. The molecular weight excluding hydrogens is 208 g/mol. The van der Waals surface area contributed by atoms with Crippen LogP contribution in [-0.2, 0) is 0 Å². The van der Waals surface area contributed by atoms with Crippen molar-refractivity contribution < 1.29 is 33.2 Å². The van der Waals surface area contributed by atoms with E-state index in [1.165, 1.54) is 29.5 Å². The van der Waals surface area contributed by atoms with Crippen molar-refractivity contribution in [3.05, 3.63) is 42.2 Å². The van der Waals surface area contributed by atoms with Crippen LogP contribution >= 0.6 is 0 Å². The number of aromatic carboxylic acids is 1. The minimum absolute atomic E-state index is 0. The Bertz CT molecular complexity index is 501. The molecule has 1 aromatic carbocycles. The van der Waals surface area contributed by atoms with Gasteiger partial charge >= 0.3 is 18.9 Å². The fourth-order valence-corrected chi connectivity index (χ4v) is 1.15. The number of aromatic nitrogens is 3. The van der Waals surface area contributed by atoms with Gasteiger partial charge in [-0.2, -0.15) is 5.10 Å². The van der Waals surface area contributed by atoms with Crippen molar-refractivity contribution in [1.29, 1.82) is 0 Å². The first-order chi connectivity index (χ1) is 7.18. The van der Waals surface area contributed by atoms with Crippen LogP contribution in [-0.4, -0.2) is 20.7 Å². The molecule has 0 bridgehead atoms. The number of carbonyl (C=O) groups is 1. The summed E-state index contributed by atoms with van der Waals surface area (Å²) >= 11 is 0. The fraction of sp³-hybridized carbons (Fsp3) is 0. The Balaban J connectivity index is 0.00000128. The molecule has 0 aliphatic heterocycles. The van der Waals surface area contributed by atoms with Gasteiger partial charge in [-0.1, -0.05) is 6.07 Å². The number of carboxylic acids is 1. The molecule has 2 aromatic rings. The van der Waals surface area contributed by atoms with E-state index in [1.807, 2.05) is 0 Å². The molecule has 16 heavy (non-hydrogen) atoms. The molecule has 0 spiro atoms. The van der Waals surface area contributed by atoms with Gasteiger partial charge in [0.1, 0.15) is 24.2 Å². The van der Waals surface area contributed by atoms with E-state index in [0.29, 0.717) is 0 Å². The molecule has 0 unspecified atom stereocenters. The van der Waals surface area contributed by atoms with E-state index in [2.05, 4.69) is 10.1 Å². The second-order valence-corrected chi connectivity index (χ2v) is 2.79. The molecule has 0 aliphatic carbocycles. The minimum Gasteiger partial charge on any atom is -0.545 e. The largest absolute Gasteiger partial charge is 1.00 e. The molecule has 0 radical (unpaired) electrons. The third kappa shape index (κ3) is 2.29. The van der Waals surface area contributed by atoms with Crippen LogP contribution in [0.1, 0.15) is 10.4 Å². The van der Waals surface area contributed by atoms with Gasteiger partial charge in [0.25, 0.3) is 0 Å². The predicted octanol–water partition coefficient (Wildman–Crippen LogP) is -3.23. The summed E-state index contributed by atoms with van der Waals surface area (Å²) in [6, 6.07) is 3.43. The van der Waals surface area contributed by atoms with Gasteiger partial charge in [-0.05, 0) is 12.1 Å². The second-order valence-electron chi connectivity index (χ2n) is 2.79. The second kappa shape index (κ2) is 4.92. The van der Waals surface area contributed by atoms with Gasteiger partial charge in [0.05, 0.1) is 5.97 Å². The molecule has 2 rings (SSSR count). The van der Waals surface area contributed by atoms with Gasteiger partial charge in [0, 0.05) is 5.56 Å². The average Bonchev–Trinajstić information content (AvgIpc) is 2.70. The van der Waals surface area contributed by atoms with Gasteiger partial charge in [-0.3, -0.25) is 0 Å². The van der Waals surface area contributed by atoms with Crippen LogP contribution < -0.4 is 24.0 Å². The van der Waals surface area contributed by atoms with E-state index in [-0.39, 0.29) is 30.1 Å². The predicted molar refractivity (Wildman–Crippen MR) is 45.6 cm³/mol. The van der Waals surface area contributed by atoms with E-state index >= 15 is 0 Å². The summed E-state index contributed by atoms with van der Waals surface area (Å²) in [6.45, 7) is 0. The summed E-state index contributed by atoms with van der Waals surface area (Å²) in [5, 5.41) is 14.2. The van der Waals surface area contributed by atoms with E-state index in [9.17, 15) is 14.3 Å². The van der Waals surface area contributed by atoms with E-state index in [4.69, 9.17) is 0 Å². The van der Waals surface area contributed by atoms with Gasteiger partial charge in [-0.15, -0.1) is 0 Å². The summed E-state index contributed by atoms with van der Waals surface area (Å²) in [6.07, 6.45) is 2.57. The molecule has 0 aliphatic rings. The number of carboxylic acid groups (broad SMARTS) is 1. The van der Waals surface area contributed by atoms with Gasteiger partial charge < -0.3 is 9.90 Å². The maximum absolute atomic E-state index is 13.4. The summed E-state index contributed by atoms with van der Waals surface area (Å²) in [4.78, 5) is 14.1. The van der Waals surface area contributed by atoms with Gasteiger partial charge in [-0.25, -0.2) is 14.1 Å². The zero-order valence-electron chi connectivity index (χ0n) is 8.42. The zero-order chi connectivity index (χ0) is 10.8. The Morgan fingerprint density at radius 2 is 2.19 bits per heavy atom. The maximum Gasteiger partial charge on any atom is 1.00 e. The number of hydrogen-bond donors (Lipinski definition) is 0. The third-order valence-electron chi connectivity index (χ3n) is 1.85. The number of nitrogens with zero attached hydrogens (tertiary/aromatic N) is 3. The van der Waals surface area contributed by atoms with Crippen LogP contribution in [0.25, 0.3) is 5.69 Å². The van der Waals surface area contributed by atoms with Crippen LogP contribution in [0.5, 0.6) is 0 Å². The van der Waals surface area contributed by atoms with Crippen molar-refractivity contribution in [2.45, 2.75) is 0 Å².